The number of hydrogen-bond donors (Lipinski definition) is 0. The largest absolute Gasteiger partial charge is 0.456 e. The first-order chi connectivity index (χ1) is 26.5. The Morgan fingerprint density at radius 1 is 0.426 bits per heavy atom. The first-order valence-electron chi connectivity index (χ1n) is 18.6. The van der Waals surface area contributed by atoms with E-state index in [1.807, 2.05) is 12.1 Å². The van der Waals surface area contributed by atoms with Crippen molar-refractivity contribution in [1.82, 2.24) is 0 Å². The highest BCUT2D eigenvalue weighted by Gasteiger charge is 2.38. The molecule has 0 amide bonds. The lowest BCUT2D eigenvalue weighted by molar-refractivity contribution is 0.660. The maximum Gasteiger partial charge on any atom is 0.145 e. The van der Waals surface area contributed by atoms with E-state index in [1.165, 1.54) is 22.3 Å². The third kappa shape index (κ3) is 4.48. The molecule has 0 saturated heterocycles. The third-order valence-electron chi connectivity index (χ3n) is 11.5. The summed E-state index contributed by atoms with van der Waals surface area (Å²) in [7, 11) is 0. The minimum Gasteiger partial charge on any atom is -0.456 e. The van der Waals surface area contributed by atoms with E-state index in [4.69, 9.17) is 8.83 Å². The molecule has 0 aliphatic heterocycles. The molecule has 0 spiro atoms. The van der Waals surface area contributed by atoms with Gasteiger partial charge >= 0.3 is 0 Å². The van der Waals surface area contributed by atoms with Gasteiger partial charge in [-0.3, -0.25) is 0 Å². The number of furan rings is 2. The second kappa shape index (κ2) is 11.6. The number of nitrogens with zero attached hydrogens (tertiary/aromatic N) is 1. The van der Waals surface area contributed by atoms with Gasteiger partial charge in [-0.05, 0) is 88.0 Å². The van der Waals surface area contributed by atoms with Crippen LogP contribution in [0, 0.1) is 0 Å². The van der Waals surface area contributed by atoms with Crippen LogP contribution in [0.25, 0.3) is 77.3 Å². The van der Waals surface area contributed by atoms with Crippen molar-refractivity contribution in [1.29, 1.82) is 0 Å². The zero-order chi connectivity index (χ0) is 36.0. The molecule has 1 aliphatic rings. The molecular formula is C51H35NO2. The van der Waals surface area contributed by atoms with Gasteiger partial charge in [-0.15, -0.1) is 0 Å². The van der Waals surface area contributed by atoms with Gasteiger partial charge in [0, 0.05) is 38.4 Å². The highest BCUT2D eigenvalue weighted by molar-refractivity contribution is 6.17. The van der Waals surface area contributed by atoms with Gasteiger partial charge in [-0.1, -0.05) is 135 Å². The number of para-hydroxylation sites is 2. The molecule has 8 aromatic carbocycles. The lowest BCUT2D eigenvalue weighted by atomic mass is 9.82. The molecule has 2 heterocycles. The number of anilines is 3. The van der Waals surface area contributed by atoms with Crippen LogP contribution in [0.4, 0.5) is 17.1 Å². The Balaban J connectivity index is 1.15. The summed E-state index contributed by atoms with van der Waals surface area (Å²) in [5.74, 6) is 0. The van der Waals surface area contributed by atoms with E-state index in [2.05, 4.69) is 183 Å². The van der Waals surface area contributed by atoms with Crippen molar-refractivity contribution in [3.8, 4) is 33.4 Å². The zero-order valence-electron chi connectivity index (χ0n) is 30.0. The first kappa shape index (κ1) is 30.8. The molecule has 2 aromatic heterocycles. The monoisotopic (exact) mass is 693 g/mol. The second-order valence-electron chi connectivity index (χ2n) is 14.9. The molecule has 0 radical (unpaired) electrons. The topological polar surface area (TPSA) is 29.5 Å². The summed E-state index contributed by atoms with van der Waals surface area (Å²) in [6.45, 7) is 4.69. The van der Waals surface area contributed by atoms with Crippen molar-refractivity contribution in [2.45, 2.75) is 19.3 Å². The van der Waals surface area contributed by atoms with Gasteiger partial charge in [0.05, 0.1) is 16.8 Å². The smallest absolute Gasteiger partial charge is 0.145 e. The minimum atomic E-state index is -0.137. The third-order valence-corrected chi connectivity index (χ3v) is 11.5. The fraction of sp³-hybridized carbons (Fsp3) is 0.0588. The predicted molar refractivity (Wildman–Crippen MR) is 224 cm³/mol. The van der Waals surface area contributed by atoms with Crippen LogP contribution in [0.1, 0.15) is 25.0 Å². The van der Waals surface area contributed by atoms with Gasteiger partial charge in [0.2, 0.25) is 0 Å². The van der Waals surface area contributed by atoms with Crippen LogP contribution in [-0.2, 0) is 5.41 Å². The van der Waals surface area contributed by atoms with Gasteiger partial charge in [-0.2, -0.15) is 0 Å². The second-order valence-corrected chi connectivity index (χ2v) is 14.9. The van der Waals surface area contributed by atoms with E-state index in [0.29, 0.717) is 0 Å². The van der Waals surface area contributed by atoms with Gasteiger partial charge in [0.1, 0.15) is 22.3 Å². The molecule has 0 saturated carbocycles. The maximum absolute atomic E-state index is 6.78. The van der Waals surface area contributed by atoms with Crippen LogP contribution < -0.4 is 4.90 Å². The van der Waals surface area contributed by atoms with Crippen molar-refractivity contribution in [2.75, 3.05) is 4.90 Å². The lowest BCUT2D eigenvalue weighted by Crippen LogP contribution is -2.16. The van der Waals surface area contributed by atoms with Gasteiger partial charge < -0.3 is 13.7 Å². The minimum absolute atomic E-state index is 0.137. The van der Waals surface area contributed by atoms with Crippen LogP contribution >= 0.6 is 0 Å². The van der Waals surface area contributed by atoms with E-state index >= 15 is 0 Å². The number of rotatable bonds is 5. The van der Waals surface area contributed by atoms with E-state index in [-0.39, 0.29) is 5.41 Å². The fourth-order valence-electron chi connectivity index (χ4n) is 8.88. The summed E-state index contributed by atoms with van der Waals surface area (Å²) < 4.78 is 13.1. The highest BCUT2D eigenvalue weighted by atomic mass is 16.3. The van der Waals surface area contributed by atoms with Crippen molar-refractivity contribution < 1.29 is 8.83 Å². The number of fused-ring (bicyclic) bond motifs is 9. The molecule has 0 N–H and O–H groups in total. The van der Waals surface area contributed by atoms with Crippen LogP contribution in [0.3, 0.4) is 0 Å². The van der Waals surface area contributed by atoms with E-state index in [0.717, 1.165) is 83.2 Å². The molecule has 0 fully saturated rings. The number of benzene rings is 8. The lowest BCUT2D eigenvalue weighted by Gasteiger charge is -2.30. The number of hydrogen-bond acceptors (Lipinski definition) is 3. The summed E-state index contributed by atoms with van der Waals surface area (Å²) in [5, 5.41) is 4.46. The zero-order valence-corrected chi connectivity index (χ0v) is 30.0. The van der Waals surface area contributed by atoms with E-state index < -0.39 is 0 Å². The Kier molecular flexibility index (Phi) is 6.60. The summed E-state index contributed by atoms with van der Waals surface area (Å²) in [4.78, 5) is 2.45. The Bertz CT molecular complexity index is 3070. The SMILES string of the molecule is CC1(C)c2ccccc2-c2c(N(c3ccc(-c4ccc5c(c4)oc4ccccc45)cc3)c3ccc(-c4ccccc4)c4oc5ccccc5c34)cccc21. The molecule has 0 atom stereocenters. The quantitative estimate of drug-likeness (QED) is 0.180. The Morgan fingerprint density at radius 3 is 1.93 bits per heavy atom. The Labute approximate surface area is 313 Å². The van der Waals surface area contributed by atoms with Gasteiger partial charge in [-0.25, -0.2) is 0 Å². The predicted octanol–water partition coefficient (Wildman–Crippen LogP) is 14.6. The first-order valence-corrected chi connectivity index (χ1v) is 18.6. The maximum atomic E-state index is 6.78. The van der Waals surface area contributed by atoms with Crippen molar-refractivity contribution >= 4 is 60.9 Å². The summed E-state index contributed by atoms with van der Waals surface area (Å²) in [6.07, 6.45) is 0. The van der Waals surface area contributed by atoms with E-state index in [9.17, 15) is 0 Å². The molecule has 256 valence electrons. The van der Waals surface area contributed by atoms with Crippen molar-refractivity contribution in [3.05, 3.63) is 187 Å². The van der Waals surface area contributed by atoms with Crippen molar-refractivity contribution in [3.63, 3.8) is 0 Å². The van der Waals surface area contributed by atoms with Crippen LogP contribution in [0.5, 0.6) is 0 Å². The van der Waals surface area contributed by atoms with Crippen LogP contribution in [0.2, 0.25) is 0 Å². The van der Waals surface area contributed by atoms with Crippen molar-refractivity contribution in [2.24, 2.45) is 0 Å². The molecular weight excluding hydrogens is 659 g/mol. The van der Waals surface area contributed by atoms with E-state index in [1.54, 1.807) is 0 Å². The summed E-state index contributed by atoms with van der Waals surface area (Å²) in [5.41, 5.74) is 16.4. The van der Waals surface area contributed by atoms with Gasteiger partial charge in [0.15, 0.2) is 0 Å². The summed E-state index contributed by atoms with van der Waals surface area (Å²) in [6, 6.07) is 62.9. The molecule has 3 heteroatoms. The highest BCUT2D eigenvalue weighted by Crippen LogP contribution is 2.55. The van der Waals surface area contributed by atoms with Crippen LogP contribution in [0.15, 0.2) is 185 Å². The van der Waals surface area contributed by atoms with Crippen LogP contribution in [-0.4, -0.2) is 0 Å². The molecule has 0 bridgehead atoms. The molecule has 10 aromatic rings. The summed E-state index contributed by atoms with van der Waals surface area (Å²) >= 11 is 0. The average molecular weight is 694 g/mol. The Morgan fingerprint density at radius 2 is 1.09 bits per heavy atom. The Hall–Kier alpha value is -6.84. The molecule has 3 nitrogen and oxygen atoms in total. The normalized spacial score (nSPS) is 13.1. The standard InChI is InChI=1S/C51H35NO2/c1-51(2)41-18-9-6-16-39(41)48-42(51)19-12-20-43(48)52(35-26-23-32(24-27-35)34-25-28-38-37-15-7-10-21-45(37)53-47(38)31-34)44-30-29-36(33-13-4-3-5-14-33)50-49(44)40-17-8-11-22-46(40)54-50/h3-31H,1-2H3. The molecule has 0 unspecified atom stereocenters. The van der Waals surface area contributed by atoms with Gasteiger partial charge in [0.25, 0.3) is 0 Å². The average Bonchev–Trinajstić information content (AvgIpc) is 3.87. The molecule has 1 aliphatic carbocycles. The molecule has 54 heavy (non-hydrogen) atoms. The fourth-order valence-corrected chi connectivity index (χ4v) is 8.88. The molecule has 11 rings (SSSR count).